The van der Waals surface area contributed by atoms with Crippen molar-refractivity contribution < 1.29 is 19.4 Å². The maximum absolute atomic E-state index is 12.3. The molecule has 2 fully saturated rings. The van der Waals surface area contributed by atoms with Gasteiger partial charge in [-0.05, 0) is 43.2 Å². The molecule has 2 bridgehead atoms. The Morgan fingerprint density at radius 1 is 1.29 bits per heavy atom. The summed E-state index contributed by atoms with van der Waals surface area (Å²) in [4.78, 5) is 22.8. The molecule has 5 heteroatoms. The molecule has 2 aliphatic rings. The number of carboxylic acid groups (broad SMARTS) is 1. The highest BCUT2D eigenvalue weighted by molar-refractivity contribution is 5.93. The number of hydrogen-bond donors (Lipinski definition) is 2. The van der Waals surface area contributed by atoms with Gasteiger partial charge >= 0.3 is 5.97 Å². The lowest BCUT2D eigenvalue weighted by molar-refractivity contribution is -0.139. The van der Waals surface area contributed by atoms with Crippen molar-refractivity contribution in [3.8, 4) is 5.75 Å². The standard InChI is InChI=1S/C16H19NO4/c18-15(19)9-21-13-3-1-2-12(8-13)17-16(20)14-7-10-4-5-11(14)6-10/h1-3,8,10-11,14H,4-7,9H2,(H,17,20)(H,18,19). The highest BCUT2D eigenvalue weighted by Gasteiger charge is 2.42. The van der Waals surface area contributed by atoms with Crippen LogP contribution in [0.15, 0.2) is 24.3 Å². The first-order chi connectivity index (χ1) is 10.1. The van der Waals surface area contributed by atoms with Crippen LogP contribution in [-0.4, -0.2) is 23.6 Å². The van der Waals surface area contributed by atoms with Crippen LogP contribution in [0.5, 0.6) is 5.75 Å². The number of carbonyl (C=O) groups excluding carboxylic acids is 1. The molecule has 112 valence electrons. The van der Waals surface area contributed by atoms with Crippen molar-refractivity contribution in [2.24, 2.45) is 17.8 Å². The Balaban J connectivity index is 1.60. The van der Waals surface area contributed by atoms with Crippen LogP contribution in [0.2, 0.25) is 0 Å². The fourth-order valence-electron chi connectivity index (χ4n) is 3.61. The quantitative estimate of drug-likeness (QED) is 0.873. The van der Waals surface area contributed by atoms with Gasteiger partial charge < -0.3 is 15.2 Å². The average Bonchev–Trinajstić information content (AvgIpc) is 3.08. The number of fused-ring (bicyclic) bond motifs is 2. The minimum Gasteiger partial charge on any atom is -0.482 e. The van der Waals surface area contributed by atoms with Gasteiger partial charge in [0.15, 0.2) is 6.61 Å². The summed E-state index contributed by atoms with van der Waals surface area (Å²) in [5, 5.41) is 11.5. The van der Waals surface area contributed by atoms with Crippen LogP contribution in [-0.2, 0) is 9.59 Å². The smallest absolute Gasteiger partial charge is 0.341 e. The minimum atomic E-state index is -1.02. The van der Waals surface area contributed by atoms with E-state index in [2.05, 4.69) is 5.32 Å². The van der Waals surface area contributed by atoms with Crippen LogP contribution in [0.3, 0.4) is 0 Å². The lowest BCUT2D eigenvalue weighted by atomic mass is 9.88. The maximum atomic E-state index is 12.3. The van der Waals surface area contributed by atoms with Crippen LogP contribution < -0.4 is 10.1 Å². The molecule has 0 spiro atoms. The first kappa shape index (κ1) is 13.9. The molecule has 0 aromatic heterocycles. The first-order valence-corrected chi connectivity index (χ1v) is 7.37. The molecule has 3 rings (SSSR count). The van der Waals surface area contributed by atoms with E-state index < -0.39 is 5.97 Å². The van der Waals surface area contributed by atoms with E-state index in [1.165, 1.54) is 19.3 Å². The van der Waals surface area contributed by atoms with E-state index in [0.717, 1.165) is 12.3 Å². The van der Waals surface area contributed by atoms with Gasteiger partial charge in [0.05, 0.1) is 0 Å². The van der Waals surface area contributed by atoms with Crippen molar-refractivity contribution in [3.63, 3.8) is 0 Å². The van der Waals surface area contributed by atoms with Gasteiger partial charge in [-0.2, -0.15) is 0 Å². The molecule has 0 saturated heterocycles. The van der Waals surface area contributed by atoms with Gasteiger partial charge in [0, 0.05) is 17.7 Å². The third-order valence-electron chi connectivity index (χ3n) is 4.54. The molecule has 2 saturated carbocycles. The Labute approximate surface area is 123 Å². The molecule has 2 N–H and O–H groups in total. The van der Waals surface area contributed by atoms with E-state index in [0.29, 0.717) is 17.4 Å². The van der Waals surface area contributed by atoms with Gasteiger partial charge in [0.2, 0.25) is 5.91 Å². The molecule has 1 amide bonds. The molecule has 21 heavy (non-hydrogen) atoms. The lowest BCUT2D eigenvalue weighted by Gasteiger charge is -2.20. The van der Waals surface area contributed by atoms with Crippen LogP contribution in [0.4, 0.5) is 5.69 Å². The Morgan fingerprint density at radius 3 is 2.81 bits per heavy atom. The number of rotatable bonds is 5. The highest BCUT2D eigenvalue weighted by Crippen LogP contribution is 2.48. The van der Waals surface area contributed by atoms with Crippen molar-refractivity contribution in [1.82, 2.24) is 0 Å². The Kier molecular flexibility index (Phi) is 3.82. The minimum absolute atomic E-state index is 0.0811. The molecule has 0 heterocycles. The van der Waals surface area contributed by atoms with E-state index >= 15 is 0 Å². The number of hydrogen-bond acceptors (Lipinski definition) is 3. The predicted octanol–water partition coefficient (Wildman–Crippen LogP) is 2.52. The molecule has 3 atom stereocenters. The molecule has 1 aromatic carbocycles. The van der Waals surface area contributed by atoms with Crippen molar-refractivity contribution in [2.75, 3.05) is 11.9 Å². The fourth-order valence-corrected chi connectivity index (χ4v) is 3.61. The average molecular weight is 289 g/mol. The summed E-state index contributed by atoms with van der Waals surface area (Å²) in [7, 11) is 0. The number of aliphatic carboxylic acids is 1. The van der Waals surface area contributed by atoms with Crippen molar-refractivity contribution in [2.45, 2.75) is 25.7 Å². The van der Waals surface area contributed by atoms with E-state index in [1.54, 1.807) is 24.3 Å². The van der Waals surface area contributed by atoms with E-state index in [-0.39, 0.29) is 18.4 Å². The van der Waals surface area contributed by atoms with Crippen LogP contribution >= 0.6 is 0 Å². The topological polar surface area (TPSA) is 75.6 Å². The van der Waals surface area contributed by atoms with Crippen LogP contribution in [0.1, 0.15) is 25.7 Å². The lowest BCUT2D eigenvalue weighted by Crippen LogP contribution is -2.27. The van der Waals surface area contributed by atoms with Gasteiger partial charge in [-0.15, -0.1) is 0 Å². The molecular formula is C16H19NO4. The monoisotopic (exact) mass is 289 g/mol. The third-order valence-corrected chi connectivity index (χ3v) is 4.54. The second-order valence-electron chi connectivity index (χ2n) is 5.98. The van der Waals surface area contributed by atoms with Crippen molar-refractivity contribution in [3.05, 3.63) is 24.3 Å². The summed E-state index contributed by atoms with van der Waals surface area (Å²) in [6.07, 6.45) is 4.64. The van der Waals surface area contributed by atoms with Crippen molar-refractivity contribution in [1.29, 1.82) is 0 Å². The molecule has 5 nitrogen and oxygen atoms in total. The molecule has 3 unspecified atom stereocenters. The van der Waals surface area contributed by atoms with E-state index in [4.69, 9.17) is 9.84 Å². The van der Waals surface area contributed by atoms with Gasteiger partial charge in [-0.25, -0.2) is 4.79 Å². The molecular weight excluding hydrogens is 270 g/mol. The number of amides is 1. The van der Waals surface area contributed by atoms with E-state index in [1.807, 2.05) is 0 Å². The van der Waals surface area contributed by atoms with Gasteiger partial charge in [0.25, 0.3) is 0 Å². The zero-order valence-corrected chi connectivity index (χ0v) is 11.7. The maximum Gasteiger partial charge on any atom is 0.341 e. The van der Waals surface area contributed by atoms with Crippen molar-refractivity contribution >= 4 is 17.6 Å². The number of benzene rings is 1. The Morgan fingerprint density at radius 2 is 2.14 bits per heavy atom. The highest BCUT2D eigenvalue weighted by atomic mass is 16.5. The van der Waals surface area contributed by atoms with Gasteiger partial charge in [-0.1, -0.05) is 12.5 Å². The summed E-state index contributed by atoms with van der Waals surface area (Å²) in [6, 6.07) is 6.87. The zero-order chi connectivity index (χ0) is 14.8. The summed E-state index contributed by atoms with van der Waals surface area (Å²) in [6.45, 7) is -0.385. The largest absolute Gasteiger partial charge is 0.482 e. The first-order valence-electron chi connectivity index (χ1n) is 7.37. The van der Waals surface area contributed by atoms with E-state index in [9.17, 15) is 9.59 Å². The molecule has 2 aliphatic carbocycles. The van der Waals surface area contributed by atoms with Gasteiger partial charge in [-0.3, -0.25) is 4.79 Å². The summed E-state index contributed by atoms with van der Waals surface area (Å²) in [5.74, 6) is 0.914. The number of nitrogens with one attached hydrogen (secondary N) is 1. The summed E-state index contributed by atoms with van der Waals surface area (Å²) < 4.78 is 5.11. The summed E-state index contributed by atoms with van der Waals surface area (Å²) >= 11 is 0. The Bertz CT molecular complexity index is 557. The molecule has 0 aliphatic heterocycles. The number of anilines is 1. The number of ether oxygens (including phenoxy) is 1. The Hall–Kier alpha value is -2.04. The second-order valence-corrected chi connectivity index (χ2v) is 5.98. The SMILES string of the molecule is O=C(O)COc1cccc(NC(=O)C2CC3CCC2C3)c1. The molecule has 0 radical (unpaired) electrons. The van der Waals surface area contributed by atoms with Gasteiger partial charge in [0.1, 0.15) is 5.75 Å². The second kappa shape index (κ2) is 5.76. The fraction of sp³-hybridized carbons (Fsp3) is 0.500. The number of carbonyl (C=O) groups is 2. The number of carboxylic acids is 1. The normalized spacial score (nSPS) is 26.6. The third kappa shape index (κ3) is 3.17. The summed E-state index contributed by atoms with van der Waals surface area (Å²) in [5.41, 5.74) is 0.658. The zero-order valence-electron chi connectivity index (χ0n) is 11.7. The predicted molar refractivity (Wildman–Crippen MR) is 77.1 cm³/mol. The van der Waals surface area contributed by atoms with Crippen LogP contribution in [0.25, 0.3) is 0 Å². The molecule has 1 aromatic rings. The van der Waals surface area contributed by atoms with Crippen LogP contribution in [0, 0.1) is 17.8 Å².